The van der Waals surface area contributed by atoms with Gasteiger partial charge < -0.3 is 5.32 Å². The largest absolute Gasteiger partial charge is 0.365 e. The van der Waals surface area contributed by atoms with Crippen LogP contribution >= 0.6 is 11.8 Å². The number of unbranched alkanes of at least 4 members (excludes halogenated alkanes) is 2. The molecule has 0 atom stereocenters. The molecular weight excluding hydrogens is 252 g/mol. The van der Waals surface area contributed by atoms with Crippen LogP contribution in [0.15, 0.2) is 35.3 Å². The molecule has 0 saturated heterocycles. The highest BCUT2D eigenvalue weighted by atomic mass is 32.2. The molecule has 0 aliphatic carbocycles. The van der Waals surface area contributed by atoms with Crippen LogP contribution in [0.3, 0.4) is 0 Å². The molecular formula is C16H26N2S. The summed E-state index contributed by atoms with van der Waals surface area (Å²) in [4.78, 5) is 4.67. The maximum absolute atomic E-state index is 4.67. The van der Waals surface area contributed by atoms with Crippen LogP contribution in [0, 0.1) is 0 Å². The predicted molar refractivity (Wildman–Crippen MR) is 87.9 cm³/mol. The lowest BCUT2D eigenvalue weighted by Crippen LogP contribution is -2.22. The fourth-order valence-corrected chi connectivity index (χ4v) is 2.47. The van der Waals surface area contributed by atoms with Crippen molar-refractivity contribution < 1.29 is 0 Å². The molecule has 0 amide bonds. The average molecular weight is 278 g/mol. The lowest BCUT2D eigenvalue weighted by atomic mass is 10.2. The van der Waals surface area contributed by atoms with Crippen molar-refractivity contribution in [3.8, 4) is 0 Å². The van der Waals surface area contributed by atoms with E-state index in [9.17, 15) is 0 Å². The molecule has 1 rings (SSSR count). The molecule has 1 aromatic rings. The molecule has 1 aromatic carbocycles. The first kappa shape index (κ1) is 16.1. The highest BCUT2D eigenvalue weighted by Crippen LogP contribution is 2.13. The van der Waals surface area contributed by atoms with Crippen LogP contribution < -0.4 is 5.32 Å². The molecule has 0 fully saturated rings. The number of benzene rings is 1. The van der Waals surface area contributed by atoms with E-state index >= 15 is 0 Å². The topological polar surface area (TPSA) is 24.4 Å². The van der Waals surface area contributed by atoms with Crippen molar-refractivity contribution in [1.82, 2.24) is 5.32 Å². The van der Waals surface area contributed by atoms with E-state index in [0.717, 1.165) is 24.0 Å². The van der Waals surface area contributed by atoms with Crippen molar-refractivity contribution in [3.05, 3.63) is 35.9 Å². The van der Waals surface area contributed by atoms with Crippen LogP contribution in [0.2, 0.25) is 0 Å². The zero-order valence-corrected chi connectivity index (χ0v) is 13.0. The second-order valence-corrected chi connectivity index (χ2v) is 5.56. The van der Waals surface area contributed by atoms with E-state index in [0.29, 0.717) is 0 Å². The zero-order chi connectivity index (χ0) is 13.8. The first-order valence-corrected chi connectivity index (χ1v) is 8.30. The molecule has 0 aliphatic rings. The highest BCUT2D eigenvalue weighted by molar-refractivity contribution is 8.13. The molecule has 0 aliphatic heterocycles. The Morgan fingerprint density at radius 1 is 1.11 bits per heavy atom. The predicted octanol–water partition coefficient (Wildman–Crippen LogP) is 4.47. The smallest absolute Gasteiger partial charge is 0.156 e. The van der Waals surface area contributed by atoms with Gasteiger partial charge in [-0.25, -0.2) is 0 Å². The van der Waals surface area contributed by atoms with Crippen LogP contribution in [0.1, 0.15) is 45.1 Å². The van der Waals surface area contributed by atoms with Crippen molar-refractivity contribution in [3.63, 3.8) is 0 Å². The Bertz CT molecular complexity index is 349. The number of nitrogens with zero attached hydrogens (tertiary/aromatic N) is 1. The molecule has 0 spiro atoms. The Balaban J connectivity index is 2.41. The van der Waals surface area contributed by atoms with Gasteiger partial charge in [0.15, 0.2) is 5.17 Å². The van der Waals surface area contributed by atoms with Crippen LogP contribution in [0.5, 0.6) is 0 Å². The van der Waals surface area contributed by atoms with E-state index in [-0.39, 0.29) is 0 Å². The molecule has 0 bridgehead atoms. The van der Waals surface area contributed by atoms with Crippen LogP contribution in [-0.2, 0) is 5.75 Å². The third-order valence-corrected chi connectivity index (χ3v) is 3.82. The molecule has 19 heavy (non-hydrogen) atoms. The molecule has 0 radical (unpaired) electrons. The first-order valence-electron chi connectivity index (χ1n) is 7.31. The number of hydrogen-bond donors (Lipinski definition) is 1. The second kappa shape index (κ2) is 10.9. The summed E-state index contributed by atoms with van der Waals surface area (Å²) in [6.45, 7) is 6.39. The summed E-state index contributed by atoms with van der Waals surface area (Å²) in [7, 11) is 0. The van der Waals surface area contributed by atoms with E-state index < -0.39 is 0 Å². The number of thioether (sulfide) groups is 1. The van der Waals surface area contributed by atoms with Gasteiger partial charge in [0.2, 0.25) is 0 Å². The van der Waals surface area contributed by atoms with Crippen LogP contribution in [-0.4, -0.2) is 18.3 Å². The number of rotatable bonds is 8. The molecule has 0 saturated carbocycles. The molecule has 0 unspecified atom stereocenters. The quantitative estimate of drug-likeness (QED) is 0.431. The van der Waals surface area contributed by atoms with Gasteiger partial charge in [0.25, 0.3) is 0 Å². The zero-order valence-electron chi connectivity index (χ0n) is 12.2. The van der Waals surface area contributed by atoms with Crippen molar-refractivity contribution >= 4 is 16.9 Å². The molecule has 1 N–H and O–H groups in total. The summed E-state index contributed by atoms with van der Waals surface area (Å²) in [6, 6.07) is 10.6. The molecule has 0 heterocycles. The third kappa shape index (κ3) is 7.93. The lowest BCUT2D eigenvalue weighted by Gasteiger charge is -2.09. The van der Waals surface area contributed by atoms with Gasteiger partial charge in [-0.3, -0.25) is 4.99 Å². The van der Waals surface area contributed by atoms with E-state index in [2.05, 4.69) is 54.5 Å². The maximum atomic E-state index is 4.67. The standard InChI is InChI=1S/C16H26N2S/c1-3-5-12-17-16(18-13-6-4-2)19-14-15-10-8-7-9-11-15/h7-11H,3-6,12-14H2,1-2H3,(H,17,18). The van der Waals surface area contributed by atoms with Crippen molar-refractivity contribution in [2.75, 3.05) is 13.1 Å². The average Bonchev–Trinajstić information content (AvgIpc) is 2.45. The molecule has 3 heteroatoms. The van der Waals surface area contributed by atoms with Gasteiger partial charge in [-0.05, 0) is 18.4 Å². The summed E-state index contributed by atoms with van der Waals surface area (Å²) < 4.78 is 0. The van der Waals surface area contributed by atoms with Crippen molar-refractivity contribution in [2.24, 2.45) is 4.99 Å². The van der Waals surface area contributed by atoms with Crippen molar-refractivity contribution in [1.29, 1.82) is 0 Å². The molecule has 2 nitrogen and oxygen atoms in total. The van der Waals surface area contributed by atoms with Gasteiger partial charge in [0, 0.05) is 18.8 Å². The number of amidine groups is 1. The van der Waals surface area contributed by atoms with Gasteiger partial charge in [-0.1, -0.05) is 68.8 Å². The van der Waals surface area contributed by atoms with Gasteiger partial charge in [-0.15, -0.1) is 0 Å². The van der Waals surface area contributed by atoms with E-state index in [4.69, 9.17) is 0 Å². The summed E-state index contributed by atoms with van der Waals surface area (Å²) in [5.74, 6) is 0.991. The summed E-state index contributed by atoms with van der Waals surface area (Å²) >= 11 is 1.81. The third-order valence-electron chi connectivity index (χ3n) is 2.79. The van der Waals surface area contributed by atoms with E-state index in [1.54, 1.807) is 0 Å². The van der Waals surface area contributed by atoms with E-state index in [1.165, 1.54) is 31.2 Å². The minimum Gasteiger partial charge on any atom is -0.365 e. The Morgan fingerprint density at radius 2 is 1.84 bits per heavy atom. The van der Waals surface area contributed by atoms with Gasteiger partial charge in [0.1, 0.15) is 0 Å². The van der Waals surface area contributed by atoms with Gasteiger partial charge >= 0.3 is 0 Å². The lowest BCUT2D eigenvalue weighted by molar-refractivity contribution is 0.751. The summed E-state index contributed by atoms with van der Waals surface area (Å²) in [5.41, 5.74) is 1.35. The normalized spacial score (nSPS) is 11.6. The number of nitrogens with one attached hydrogen (secondary N) is 1. The minimum absolute atomic E-state index is 0.937. The fraction of sp³-hybridized carbons (Fsp3) is 0.562. The first-order chi connectivity index (χ1) is 9.36. The Labute approximate surface area is 122 Å². The Hall–Kier alpha value is -0.960. The Morgan fingerprint density at radius 3 is 2.53 bits per heavy atom. The number of aliphatic imine (C=N–C) groups is 1. The number of hydrogen-bond acceptors (Lipinski definition) is 2. The second-order valence-electron chi connectivity index (χ2n) is 4.60. The summed E-state index contributed by atoms with van der Waals surface area (Å²) in [5, 5.41) is 4.57. The SMILES string of the molecule is CCCCN=C(NCCCC)SCc1ccccc1. The Kier molecular flexibility index (Phi) is 9.25. The van der Waals surface area contributed by atoms with Crippen molar-refractivity contribution in [2.45, 2.75) is 45.3 Å². The fourth-order valence-electron chi connectivity index (χ4n) is 1.59. The van der Waals surface area contributed by atoms with Crippen LogP contribution in [0.4, 0.5) is 0 Å². The highest BCUT2D eigenvalue weighted by Gasteiger charge is 2.00. The monoisotopic (exact) mass is 278 g/mol. The maximum Gasteiger partial charge on any atom is 0.156 e. The molecule has 106 valence electrons. The van der Waals surface area contributed by atoms with Gasteiger partial charge in [-0.2, -0.15) is 0 Å². The minimum atomic E-state index is 0.937. The van der Waals surface area contributed by atoms with E-state index in [1.807, 2.05) is 11.8 Å². The summed E-state index contributed by atoms with van der Waals surface area (Å²) in [6.07, 6.45) is 4.80. The molecule has 0 aromatic heterocycles. The van der Waals surface area contributed by atoms with Crippen LogP contribution in [0.25, 0.3) is 0 Å². The van der Waals surface area contributed by atoms with Gasteiger partial charge in [0.05, 0.1) is 0 Å².